The van der Waals surface area contributed by atoms with E-state index < -0.39 is 43.1 Å². The zero-order valence-electron chi connectivity index (χ0n) is 19.6. The number of carbonyl (C=O) groups excluding carboxylic acids is 2. The van der Waals surface area contributed by atoms with Crippen molar-refractivity contribution in [3.05, 3.63) is 71.8 Å². The van der Waals surface area contributed by atoms with Crippen molar-refractivity contribution in [3.8, 4) is 0 Å². The van der Waals surface area contributed by atoms with Crippen LogP contribution in [0, 0.1) is 0 Å². The Labute approximate surface area is 201 Å². The fraction of sp³-hybridized carbons (Fsp3) is 0.481. The van der Waals surface area contributed by atoms with Crippen molar-refractivity contribution < 1.29 is 33.6 Å². The molecule has 0 bridgehead atoms. The molecule has 0 unspecified atom stereocenters. The highest BCUT2D eigenvalue weighted by molar-refractivity contribution is 5.90. The van der Waals surface area contributed by atoms with E-state index in [0.717, 1.165) is 19.3 Å². The monoisotopic (exact) mass is 470 g/mol. The van der Waals surface area contributed by atoms with Crippen LogP contribution in [0.2, 0.25) is 0 Å². The highest BCUT2D eigenvalue weighted by Gasteiger charge is 2.50. The van der Waals surface area contributed by atoms with E-state index in [9.17, 15) is 14.7 Å². The first-order valence-electron chi connectivity index (χ1n) is 12.0. The van der Waals surface area contributed by atoms with E-state index in [1.54, 1.807) is 60.7 Å². The summed E-state index contributed by atoms with van der Waals surface area (Å²) < 4.78 is 23.1. The van der Waals surface area contributed by atoms with Crippen LogP contribution in [0.15, 0.2) is 60.7 Å². The zero-order valence-corrected chi connectivity index (χ0v) is 19.6. The van der Waals surface area contributed by atoms with Crippen LogP contribution in [0.1, 0.15) is 66.2 Å². The Morgan fingerprint density at radius 2 is 1.32 bits per heavy atom. The lowest BCUT2D eigenvalue weighted by atomic mass is 10.1. The number of aliphatic hydroxyl groups excluding tert-OH is 1. The molecule has 1 aliphatic rings. The van der Waals surface area contributed by atoms with Gasteiger partial charge in [0.1, 0.15) is 6.10 Å². The van der Waals surface area contributed by atoms with Crippen molar-refractivity contribution in [2.24, 2.45) is 0 Å². The molecule has 1 fully saturated rings. The lowest BCUT2D eigenvalue weighted by molar-refractivity contribution is -0.170. The third-order valence-corrected chi connectivity index (χ3v) is 5.73. The number of ether oxygens (including phenoxy) is 4. The van der Waals surface area contributed by atoms with Crippen LogP contribution in [0.3, 0.4) is 0 Å². The molecule has 7 nitrogen and oxygen atoms in total. The maximum atomic E-state index is 12.8. The molecule has 4 atom stereocenters. The molecule has 0 radical (unpaired) electrons. The summed E-state index contributed by atoms with van der Waals surface area (Å²) in [4.78, 5) is 25.5. The smallest absolute Gasteiger partial charge is 0.338 e. The summed E-state index contributed by atoms with van der Waals surface area (Å²) in [5.41, 5.74) is 0.710. The molecule has 0 saturated carbocycles. The number of aliphatic hydroxyl groups is 1. The average molecular weight is 471 g/mol. The Balaban J connectivity index is 1.69. The number of hydrogen-bond donors (Lipinski definition) is 1. The molecule has 0 aliphatic carbocycles. The van der Waals surface area contributed by atoms with Gasteiger partial charge in [0.15, 0.2) is 18.5 Å². The van der Waals surface area contributed by atoms with Crippen LogP contribution < -0.4 is 0 Å². The topological polar surface area (TPSA) is 91.3 Å². The molecule has 1 aliphatic heterocycles. The average Bonchev–Trinajstić information content (AvgIpc) is 3.20. The molecule has 1 N–H and O–H groups in total. The molecule has 2 aromatic carbocycles. The number of esters is 2. The third-order valence-electron chi connectivity index (χ3n) is 5.73. The van der Waals surface area contributed by atoms with Gasteiger partial charge in [-0.1, -0.05) is 75.4 Å². The van der Waals surface area contributed by atoms with E-state index in [1.165, 1.54) is 19.3 Å². The quantitative estimate of drug-likeness (QED) is 0.340. The first-order valence-corrected chi connectivity index (χ1v) is 12.0. The molecule has 0 aromatic heterocycles. The minimum absolute atomic E-state index is 0.351. The van der Waals surface area contributed by atoms with Crippen molar-refractivity contribution in [2.45, 2.75) is 70.1 Å². The number of carbonyl (C=O) groups is 2. The summed E-state index contributed by atoms with van der Waals surface area (Å²) in [5, 5.41) is 9.89. The molecule has 34 heavy (non-hydrogen) atoms. The largest absolute Gasteiger partial charge is 0.452 e. The van der Waals surface area contributed by atoms with Crippen molar-refractivity contribution in [2.75, 3.05) is 13.2 Å². The van der Waals surface area contributed by atoms with E-state index in [2.05, 4.69) is 6.92 Å². The summed E-state index contributed by atoms with van der Waals surface area (Å²) in [6.07, 6.45) is 2.73. The molecule has 1 heterocycles. The zero-order chi connectivity index (χ0) is 24.2. The summed E-state index contributed by atoms with van der Waals surface area (Å²) in [7, 11) is 0. The number of hydrogen-bond acceptors (Lipinski definition) is 7. The van der Waals surface area contributed by atoms with Crippen molar-refractivity contribution in [3.63, 3.8) is 0 Å². The summed E-state index contributed by atoms with van der Waals surface area (Å²) >= 11 is 0. The molecule has 2 aromatic rings. The summed E-state index contributed by atoms with van der Waals surface area (Å²) in [5.74, 6) is -1.17. The van der Waals surface area contributed by atoms with Crippen LogP contribution in [-0.4, -0.2) is 54.9 Å². The first kappa shape index (κ1) is 25.9. The van der Waals surface area contributed by atoms with Gasteiger partial charge >= 0.3 is 11.9 Å². The fourth-order valence-electron chi connectivity index (χ4n) is 3.85. The molecule has 0 amide bonds. The van der Waals surface area contributed by atoms with Gasteiger partial charge in [0.2, 0.25) is 0 Å². The Kier molecular flexibility index (Phi) is 10.5. The lowest BCUT2D eigenvalue weighted by Crippen LogP contribution is -2.42. The Hall–Kier alpha value is -2.74. The Morgan fingerprint density at radius 3 is 1.88 bits per heavy atom. The normalized spacial score (nSPS) is 21.8. The second kappa shape index (κ2) is 13.8. The molecule has 7 heteroatoms. The lowest BCUT2D eigenvalue weighted by Gasteiger charge is -2.24. The first-order chi connectivity index (χ1) is 16.6. The van der Waals surface area contributed by atoms with E-state index in [1.807, 2.05) is 0 Å². The van der Waals surface area contributed by atoms with E-state index >= 15 is 0 Å². The van der Waals surface area contributed by atoms with Crippen LogP contribution >= 0.6 is 0 Å². The van der Waals surface area contributed by atoms with Crippen LogP contribution in [0.5, 0.6) is 0 Å². The van der Waals surface area contributed by atoms with Gasteiger partial charge in [-0.05, 0) is 30.7 Å². The second-order valence-corrected chi connectivity index (χ2v) is 8.34. The van der Waals surface area contributed by atoms with Crippen LogP contribution in [0.25, 0.3) is 0 Å². The summed E-state index contributed by atoms with van der Waals surface area (Å²) in [6.45, 7) is 2.17. The third kappa shape index (κ3) is 7.38. The van der Waals surface area contributed by atoms with E-state index in [0.29, 0.717) is 17.7 Å². The maximum Gasteiger partial charge on any atom is 0.338 e. The maximum absolute atomic E-state index is 12.8. The SMILES string of the molecule is CCCCCCCCO[C@H]1O[C@H](CO)[C@@H](OC(=O)c2ccccc2)[C@@H]1OC(=O)c1ccccc1. The van der Waals surface area contributed by atoms with Gasteiger partial charge < -0.3 is 24.1 Å². The van der Waals surface area contributed by atoms with Crippen molar-refractivity contribution in [1.29, 1.82) is 0 Å². The predicted octanol–water partition coefficient (Wildman–Crippen LogP) is 4.53. The number of rotatable bonds is 13. The van der Waals surface area contributed by atoms with Gasteiger partial charge in [-0.2, -0.15) is 0 Å². The van der Waals surface area contributed by atoms with Gasteiger partial charge in [0.05, 0.1) is 17.7 Å². The van der Waals surface area contributed by atoms with Crippen LogP contribution in [0.4, 0.5) is 0 Å². The highest BCUT2D eigenvalue weighted by Crippen LogP contribution is 2.29. The molecule has 0 spiro atoms. The van der Waals surface area contributed by atoms with E-state index in [4.69, 9.17) is 18.9 Å². The van der Waals surface area contributed by atoms with Crippen LogP contribution in [-0.2, 0) is 18.9 Å². The molecular weight excluding hydrogens is 436 g/mol. The standard InChI is InChI=1S/C27H34O7/c1-2-3-4-5-6-13-18-31-27-24(34-26(30)21-16-11-8-12-17-21)23(22(19-28)32-27)33-25(29)20-14-9-7-10-15-20/h7-12,14-17,22-24,27-28H,2-6,13,18-19H2,1H3/t22-,23-,24+,27+/m1/s1. The number of benzene rings is 2. The van der Waals surface area contributed by atoms with E-state index in [-0.39, 0.29) is 0 Å². The van der Waals surface area contributed by atoms with Crippen molar-refractivity contribution >= 4 is 11.9 Å². The highest BCUT2D eigenvalue weighted by atomic mass is 16.7. The molecule has 3 rings (SSSR count). The predicted molar refractivity (Wildman–Crippen MR) is 126 cm³/mol. The minimum atomic E-state index is -1.02. The molecular formula is C27H34O7. The molecule has 184 valence electrons. The van der Waals surface area contributed by atoms with Gasteiger partial charge in [0, 0.05) is 6.61 Å². The fourth-order valence-corrected chi connectivity index (χ4v) is 3.85. The second-order valence-electron chi connectivity index (χ2n) is 8.34. The Bertz CT molecular complexity index is 871. The summed E-state index contributed by atoms with van der Waals surface area (Å²) in [6, 6.07) is 17.0. The Morgan fingerprint density at radius 1 is 0.794 bits per heavy atom. The van der Waals surface area contributed by atoms with Crippen molar-refractivity contribution in [1.82, 2.24) is 0 Å². The van der Waals surface area contributed by atoms with Gasteiger partial charge in [-0.25, -0.2) is 9.59 Å². The molecule has 1 saturated heterocycles. The van der Waals surface area contributed by atoms with Gasteiger partial charge in [-0.15, -0.1) is 0 Å². The van der Waals surface area contributed by atoms with Gasteiger partial charge in [-0.3, -0.25) is 0 Å². The minimum Gasteiger partial charge on any atom is -0.452 e. The number of unbranched alkanes of at least 4 members (excludes halogenated alkanes) is 5. The van der Waals surface area contributed by atoms with Gasteiger partial charge in [0.25, 0.3) is 0 Å².